The van der Waals surface area contributed by atoms with Crippen molar-refractivity contribution in [2.24, 2.45) is 5.92 Å². The second-order valence-electron chi connectivity index (χ2n) is 7.52. The van der Waals surface area contributed by atoms with Crippen molar-refractivity contribution in [1.82, 2.24) is 10.2 Å². The van der Waals surface area contributed by atoms with Crippen LogP contribution in [0.1, 0.15) is 49.7 Å². The molecule has 25 heavy (non-hydrogen) atoms. The lowest BCUT2D eigenvalue weighted by Crippen LogP contribution is -2.42. The lowest BCUT2D eigenvalue weighted by atomic mass is 9.88. The van der Waals surface area contributed by atoms with Crippen molar-refractivity contribution in [2.75, 3.05) is 18.4 Å². The molecule has 2 fully saturated rings. The number of carbonyl (C=O) groups excluding carboxylic acids is 2. The van der Waals surface area contributed by atoms with Crippen LogP contribution in [-0.4, -0.2) is 36.0 Å². The van der Waals surface area contributed by atoms with E-state index in [1.807, 2.05) is 30.9 Å². The molecule has 1 saturated heterocycles. The Morgan fingerprint density at radius 2 is 1.84 bits per heavy atom. The fourth-order valence-corrected chi connectivity index (χ4v) is 3.98. The summed E-state index contributed by atoms with van der Waals surface area (Å²) >= 11 is 0. The molecule has 1 aliphatic heterocycles. The van der Waals surface area contributed by atoms with Crippen molar-refractivity contribution in [2.45, 2.75) is 58.4 Å². The Kier molecular flexibility index (Phi) is 5.61. The Hall–Kier alpha value is -2.04. The molecule has 0 aromatic heterocycles. The third-order valence-electron chi connectivity index (χ3n) is 5.42. The molecule has 1 aromatic rings. The normalized spacial score (nSPS) is 21.2. The molecule has 1 aromatic carbocycles. The van der Waals surface area contributed by atoms with Crippen molar-refractivity contribution in [3.63, 3.8) is 0 Å². The molecule has 136 valence electrons. The molecule has 1 atom stereocenters. The highest BCUT2D eigenvalue weighted by Gasteiger charge is 2.32. The molecule has 2 aliphatic rings. The van der Waals surface area contributed by atoms with E-state index in [2.05, 4.69) is 16.7 Å². The second-order valence-corrected chi connectivity index (χ2v) is 7.52. The molecule has 1 saturated carbocycles. The van der Waals surface area contributed by atoms with Crippen LogP contribution >= 0.6 is 0 Å². The third kappa shape index (κ3) is 4.53. The Labute approximate surface area is 150 Å². The van der Waals surface area contributed by atoms with Gasteiger partial charge in [0.2, 0.25) is 5.91 Å². The zero-order chi connectivity index (χ0) is 17.8. The summed E-state index contributed by atoms with van der Waals surface area (Å²) in [7, 11) is 0. The molecule has 0 spiro atoms. The first-order valence-electron chi connectivity index (χ1n) is 9.46. The molecule has 5 nitrogen and oxygen atoms in total. The van der Waals surface area contributed by atoms with Gasteiger partial charge in [0.15, 0.2) is 0 Å². The highest BCUT2D eigenvalue weighted by atomic mass is 16.2. The number of urea groups is 1. The molecule has 0 bridgehead atoms. The fraction of sp³-hybridized carbons (Fsp3) is 0.600. The lowest BCUT2D eigenvalue weighted by molar-refractivity contribution is -0.135. The number of rotatable bonds is 3. The highest BCUT2D eigenvalue weighted by Crippen LogP contribution is 2.26. The van der Waals surface area contributed by atoms with E-state index in [9.17, 15) is 9.59 Å². The minimum absolute atomic E-state index is 0.0401. The Balaban J connectivity index is 1.49. The number of nitrogens with zero attached hydrogens (tertiary/aromatic N) is 1. The second kappa shape index (κ2) is 7.89. The van der Waals surface area contributed by atoms with Crippen molar-refractivity contribution < 1.29 is 9.59 Å². The van der Waals surface area contributed by atoms with Crippen LogP contribution in [0.25, 0.3) is 0 Å². The predicted octanol–water partition coefficient (Wildman–Crippen LogP) is 3.61. The highest BCUT2D eigenvalue weighted by molar-refractivity contribution is 5.90. The number of hydrogen-bond donors (Lipinski definition) is 2. The van der Waals surface area contributed by atoms with Gasteiger partial charge < -0.3 is 15.5 Å². The quantitative estimate of drug-likeness (QED) is 0.881. The third-order valence-corrected chi connectivity index (χ3v) is 5.42. The molecule has 5 heteroatoms. The van der Waals surface area contributed by atoms with Gasteiger partial charge in [0.1, 0.15) is 0 Å². The van der Waals surface area contributed by atoms with Crippen LogP contribution in [0, 0.1) is 19.8 Å². The zero-order valence-electron chi connectivity index (χ0n) is 15.3. The van der Waals surface area contributed by atoms with Gasteiger partial charge in [-0.15, -0.1) is 0 Å². The molecular formula is C20H29N3O2. The van der Waals surface area contributed by atoms with Gasteiger partial charge in [0.05, 0.1) is 0 Å². The van der Waals surface area contributed by atoms with E-state index in [0.29, 0.717) is 12.5 Å². The van der Waals surface area contributed by atoms with Crippen LogP contribution in [0.4, 0.5) is 10.5 Å². The average Bonchev–Trinajstić information content (AvgIpc) is 3.06. The summed E-state index contributed by atoms with van der Waals surface area (Å²) in [5, 5.41) is 5.93. The number of benzene rings is 1. The summed E-state index contributed by atoms with van der Waals surface area (Å²) in [6, 6.07) is 5.82. The summed E-state index contributed by atoms with van der Waals surface area (Å²) in [5.74, 6) is 0.496. The molecule has 3 amide bonds. The summed E-state index contributed by atoms with van der Waals surface area (Å²) in [4.78, 5) is 26.8. The number of hydrogen-bond acceptors (Lipinski definition) is 2. The van der Waals surface area contributed by atoms with Gasteiger partial charge >= 0.3 is 6.03 Å². The van der Waals surface area contributed by atoms with E-state index in [4.69, 9.17) is 0 Å². The topological polar surface area (TPSA) is 61.4 Å². The van der Waals surface area contributed by atoms with E-state index >= 15 is 0 Å². The summed E-state index contributed by atoms with van der Waals surface area (Å²) < 4.78 is 0. The number of anilines is 1. The summed E-state index contributed by atoms with van der Waals surface area (Å²) in [5.41, 5.74) is 3.06. The van der Waals surface area contributed by atoms with Gasteiger partial charge in [-0.1, -0.05) is 37.0 Å². The number of likely N-dealkylation sites (tertiary alicyclic amines) is 1. The molecule has 1 heterocycles. The first-order valence-corrected chi connectivity index (χ1v) is 9.46. The minimum atomic E-state index is -0.191. The Morgan fingerprint density at radius 1 is 1.08 bits per heavy atom. The predicted molar refractivity (Wildman–Crippen MR) is 99.6 cm³/mol. The molecule has 3 rings (SSSR count). The van der Waals surface area contributed by atoms with Gasteiger partial charge in [-0.25, -0.2) is 4.79 Å². The number of aryl methyl sites for hydroxylation is 2. The first-order chi connectivity index (χ1) is 12.0. The van der Waals surface area contributed by atoms with Crippen LogP contribution in [0.5, 0.6) is 0 Å². The standard InChI is InChI=1S/C20H29N3O2/c1-14-8-9-18(15(2)12-14)22-20(25)21-17-10-11-23(13-17)19(24)16-6-4-3-5-7-16/h8-9,12,16-17H,3-7,10-11,13H2,1-2H3,(H2,21,22,25)/t17-/m1/s1. The number of amides is 3. The van der Waals surface area contributed by atoms with Crippen molar-refractivity contribution in [3.8, 4) is 0 Å². The molecule has 0 radical (unpaired) electrons. The summed E-state index contributed by atoms with van der Waals surface area (Å²) in [6.45, 7) is 5.41. The van der Waals surface area contributed by atoms with Gasteiger partial charge in [-0.2, -0.15) is 0 Å². The lowest BCUT2D eigenvalue weighted by Gasteiger charge is -2.26. The maximum absolute atomic E-state index is 12.6. The molecule has 0 unspecified atom stereocenters. The van der Waals surface area contributed by atoms with Crippen molar-refractivity contribution in [3.05, 3.63) is 29.3 Å². The van der Waals surface area contributed by atoms with E-state index in [1.165, 1.54) is 24.8 Å². The monoisotopic (exact) mass is 343 g/mol. The number of nitrogens with one attached hydrogen (secondary N) is 2. The van der Waals surface area contributed by atoms with E-state index in [-0.39, 0.29) is 18.0 Å². The molecular weight excluding hydrogens is 314 g/mol. The fourth-order valence-electron chi connectivity index (χ4n) is 3.98. The van der Waals surface area contributed by atoms with E-state index < -0.39 is 0 Å². The van der Waals surface area contributed by atoms with Crippen LogP contribution in [0.2, 0.25) is 0 Å². The smallest absolute Gasteiger partial charge is 0.319 e. The zero-order valence-corrected chi connectivity index (χ0v) is 15.3. The van der Waals surface area contributed by atoms with E-state index in [1.54, 1.807) is 0 Å². The van der Waals surface area contributed by atoms with Crippen LogP contribution < -0.4 is 10.6 Å². The van der Waals surface area contributed by atoms with Crippen molar-refractivity contribution in [1.29, 1.82) is 0 Å². The Morgan fingerprint density at radius 3 is 2.56 bits per heavy atom. The van der Waals surface area contributed by atoms with E-state index in [0.717, 1.165) is 37.1 Å². The largest absolute Gasteiger partial charge is 0.340 e. The van der Waals surface area contributed by atoms with Crippen molar-refractivity contribution >= 4 is 17.6 Å². The average molecular weight is 343 g/mol. The maximum atomic E-state index is 12.6. The van der Waals surface area contributed by atoms with Gasteiger partial charge in [-0.3, -0.25) is 4.79 Å². The van der Waals surface area contributed by atoms with Crippen LogP contribution in [0.3, 0.4) is 0 Å². The van der Waals surface area contributed by atoms with Gasteiger partial charge in [0, 0.05) is 30.7 Å². The van der Waals surface area contributed by atoms with Gasteiger partial charge in [-0.05, 0) is 44.7 Å². The van der Waals surface area contributed by atoms with Crippen LogP contribution in [0.15, 0.2) is 18.2 Å². The maximum Gasteiger partial charge on any atom is 0.319 e. The molecule has 2 N–H and O–H groups in total. The SMILES string of the molecule is Cc1ccc(NC(=O)N[C@@H]2CCN(C(=O)C3CCCCC3)C2)c(C)c1. The Bertz CT molecular complexity index is 638. The first kappa shape index (κ1) is 17.8. The number of carbonyl (C=O) groups is 2. The minimum Gasteiger partial charge on any atom is -0.340 e. The van der Waals surface area contributed by atoms with Gasteiger partial charge in [0.25, 0.3) is 0 Å². The van der Waals surface area contributed by atoms with Crippen LogP contribution in [-0.2, 0) is 4.79 Å². The summed E-state index contributed by atoms with van der Waals surface area (Å²) in [6.07, 6.45) is 6.49. The molecule has 1 aliphatic carbocycles.